The van der Waals surface area contributed by atoms with Crippen molar-refractivity contribution in [1.29, 1.82) is 0 Å². The number of carbonyl (C=O) groups is 3. The van der Waals surface area contributed by atoms with Crippen molar-refractivity contribution in [2.24, 2.45) is 0 Å². The largest absolute Gasteiger partial charge is 0.322 e. The van der Waals surface area contributed by atoms with E-state index in [9.17, 15) is 14.4 Å². The molecule has 3 heterocycles. The molecule has 0 radical (unpaired) electrons. The van der Waals surface area contributed by atoms with Crippen molar-refractivity contribution in [1.82, 2.24) is 20.9 Å². The number of fused-ring (bicyclic) bond motifs is 1. The van der Waals surface area contributed by atoms with Crippen molar-refractivity contribution in [2.45, 2.75) is 57.3 Å². The Kier molecular flexibility index (Phi) is 4.74. The number of nitrogens with one attached hydrogen (secondary N) is 3. The normalized spacial score (nSPS) is 27.8. The fourth-order valence-electron chi connectivity index (χ4n) is 4.33. The van der Waals surface area contributed by atoms with Crippen LogP contribution < -0.4 is 16.0 Å². The zero-order valence-electron chi connectivity index (χ0n) is 15.6. The van der Waals surface area contributed by atoms with E-state index in [1.165, 1.54) is 12.8 Å². The third kappa shape index (κ3) is 3.61. The molecule has 3 aliphatic heterocycles. The van der Waals surface area contributed by atoms with Gasteiger partial charge in [-0.3, -0.25) is 19.7 Å². The van der Waals surface area contributed by atoms with Crippen molar-refractivity contribution in [3.05, 3.63) is 34.9 Å². The fraction of sp³-hybridized carbons (Fsp3) is 0.550. The zero-order valence-corrected chi connectivity index (χ0v) is 15.6. The van der Waals surface area contributed by atoms with Gasteiger partial charge in [0.25, 0.3) is 5.91 Å². The highest BCUT2D eigenvalue weighted by molar-refractivity contribution is 6.05. The van der Waals surface area contributed by atoms with Gasteiger partial charge in [0.05, 0.1) is 0 Å². The van der Waals surface area contributed by atoms with Gasteiger partial charge >= 0.3 is 0 Å². The molecule has 1 aromatic carbocycles. The molecule has 1 aromatic rings. The molecule has 0 aromatic heterocycles. The summed E-state index contributed by atoms with van der Waals surface area (Å²) in [6.07, 6.45) is 3.07. The van der Waals surface area contributed by atoms with Crippen molar-refractivity contribution < 1.29 is 14.4 Å². The molecule has 2 atom stereocenters. The van der Waals surface area contributed by atoms with Gasteiger partial charge in [-0.05, 0) is 49.9 Å². The van der Waals surface area contributed by atoms with E-state index in [2.05, 4.69) is 28.9 Å². The van der Waals surface area contributed by atoms with Gasteiger partial charge in [-0.2, -0.15) is 0 Å². The molecule has 27 heavy (non-hydrogen) atoms. The van der Waals surface area contributed by atoms with Gasteiger partial charge in [0, 0.05) is 37.2 Å². The van der Waals surface area contributed by atoms with Crippen LogP contribution in [0.1, 0.15) is 54.1 Å². The van der Waals surface area contributed by atoms with Crippen LogP contribution in [-0.4, -0.2) is 47.3 Å². The molecule has 2 saturated heterocycles. The maximum atomic E-state index is 12.7. The van der Waals surface area contributed by atoms with Crippen LogP contribution in [0.5, 0.6) is 0 Å². The Hall–Kier alpha value is -2.25. The van der Waals surface area contributed by atoms with Crippen molar-refractivity contribution in [2.75, 3.05) is 13.1 Å². The van der Waals surface area contributed by atoms with Crippen LogP contribution in [0.4, 0.5) is 0 Å². The lowest BCUT2D eigenvalue weighted by atomic mass is 10.0. The summed E-state index contributed by atoms with van der Waals surface area (Å²) in [5.74, 6) is -0.757. The average molecular weight is 370 g/mol. The van der Waals surface area contributed by atoms with Crippen LogP contribution in [-0.2, 0) is 22.7 Å². The van der Waals surface area contributed by atoms with Crippen molar-refractivity contribution in [3.8, 4) is 0 Å². The Morgan fingerprint density at radius 3 is 2.89 bits per heavy atom. The molecule has 1 unspecified atom stereocenters. The summed E-state index contributed by atoms with van der Waals surface area (Å²) in [6, 6.07) is 5.33. The predicted octanol–water partition coefficient (Wildman–Crippen LogP) is 0.679. The highest BCUT2D eigenvalue weighted by Crippen LogP contribution is 2.28. The van der Waals surface area contributed by atoms with E-state index in [0.717, 1.165) is 30.8 Å². The highest BCUT2D eigenvalue weighted by Gasteiger charge is 2.39. The van der Waals surface area contributed by atoms with Gasteiger partial charge in [0.2, 0.25) is 11.8 Å². The molecule has 144 valence electrons. The fourth-order valence-corrected chi connectivity index (χ4v) is 4.33. The molecule has 0 bridgehead atoms. The lowest BCUT2D eigenvalue weighted by Gasteiger charge is -2.29. The molecular weight excluding hydrogens is 344 g/mol. The number of rotatable bonds is 5. The standard InChI is InChI=1S/C20H26N4O3/c1-20(7-2-8-22-20)12-21-10-13-3-4-15-14(9-13)11-24(19(15)27)16-5-6-17(25)23-18(16)26/h3-4,9,16,21-22H,2,5-8,10-12H2,1H3,(H,23,25,26)/t16?,20-/m1/s1. The van der Waals surface area contributed by atoms with E-state index in [4.69, 9.17) is 0 Å². The lowest BCUT2D eigenvalue weighted by molar-refractivity contribution is -0.136. The van der Waals surface area contributed by atoms with Gasteiger partial charge in [0.15, 0.2) is 0 Å². The molecule has 3 amide bonds. The first-order valence-corrected chi connectivity index (χ1v) is 9.67. The highest BCUT2D eigenvalue weighted by atomic mass is 16.2. The van der Waals surface area contributed by atoms with Gasteiger partial charge in [0.1, 0.15) is 6.04 Å². The molecule has 0 saturated carbocycles. The topological polar surface area (TPSA) is 90.5 Å². The maximum Gasteiger partial charge on any atom is 0.255 e. The molecule has 2 fully saturated rings. The molecular formula is C20H26N4O3. The summed E-state index contributed by atoms with van der Waals surface area (Å²) >= 11 is 0. The molecule has 7 nitrogen and oxygen atoms in total. The van der Waals surface area contributed by atoms with E-state index in [1.807, 2.05) is 12.1 Å². The minimum atomic E-state index is -0.558. The Morgan fingerprint density at radius 1 is 1.30 bits per heavy atom. The predicted molar refractivity (Wildman–Crippen MR) is 99.8 cm³/mol. The second-order valence-electron chi connectivity index (χ2n) is 8.09. The van der Waals surface area contributed by atoms with E-state index in [1.54, 1.807) is 4.90 Å². The van der Waals surface area contributed by atoms with E-state index < -0.39 is 6.04 Å². The van der Waals surface area contributed by atoms with Crippen LogP contribution in [0.25, 0.3) is 0 Å². The minimum Gasteiger partial charge on any atom is -0.322 e. The molecule has 3 aliphatic rings. The SMILES string of the molecule is C[C@]1(CNCc2ccc3c(c2)CN(C2CCC(=O)NC2=O)C3=O)CCCN1. The second-order valence-corrected chi connectivity index (χ2v) is 8.09. The number of piperidine rings is 1. The molecule has 4 rings (SSSR count). The van der Waals surface area contributed by atoms with Gasteiger partial charge in [-0.1, -0.05) is 12.1 Å². The molecule has 7 heteroatoms. The number of amides is 3. The zero-order chi connectivity index (χ0) is 19.0. The lowest BCUT2D eigenvalue weighted by Crippen LogP contribution is -2.52. The minimum absolute atomic E-state index is 0.123. The number of benzene rings is 1. The number of hydrogen-bond donors (Lipinski definition) is 3. The van der Waals surface area contributed by atoms with Crippen LogP contribution in [0.2, 0.25) is 0 Å². The number of carbonyl (C=O) groups excluding carboxylic acids is 3. The van der Waals surface area contributed by atoms with Crippen molar-refractivity contribution in [3.63, 3.8) is 0 Å². The van der Waals surface area contributed by atoms with E-state index in [-0.39, 0.29) is 29.7 Å². The quantitative estimate of drug-likeness (QED) is 0.663. The Morgan fingerprint density at radius 2 is 2.15 bits per heavy atom. The first kappa shape index (κ1) is 18.1. The summed E-state index contributed by atoms with van der Waals surface area (Å²) in [6.45, 7) is 5.40. The average Bonchev–Trinajstić information content (AvgIpc) is 3.19. The second kappa shape index (κ2) is 7.05. The summed E-state index contributed by atoms with van der Waals surface area (Å²) in [5.41, 5.74) is 2.91. The number of nitrogens with zero attached hydrogens (tertiary/aromatic N) is 1. The van der Waals surface area contributed by atoms with Gasteiger partial charge < -0.3 is 15.5 Å². The first-order valence-electron chi connectivity index (χ1n) is 9.67. The third-order valence-electron chi connectivity index (χ3n) is 5.89. The number of imide groups is 1. The van der Waals surface area contributed by atoms with Crippen LogP contribution >= 0.6 is 0 Å². The summed E-state index contributed by atoms with van der Waals surface area (Å²) < 4.78 is 0. The Balaban J connectivity index is 1.40. The van der Waals surface area contributed by atoms with Crippen LogP contribution in [0, 0.1) is 0 Å². The monoisotopic (exact) mass is 370 g/mol. The van der Waals surface area contributed by atoms with Crippen LogP contribution in [0.3, 0.4) is 0 Å². The third-order valence-corrected chi connectivity index (χ3v) is 5.89. The molecule has 3 N–H and O–H groups in total. The first-order chi connectivity index (χ1) is 13.0. The smallest absolute Gasteiger partial charge is 0.255 e. The Bertz CT molecular complexity index is 785. The number of hydrogen-bond acceptors (Lipinski definition) is 5. The summed E-state index contributed by atoms with van der Waals surface area (Å²) in [4.78, 5) is 37.8. The summed E-state index contributed by atoms with van der Waals surface area (Å²) in [5, 5.41) is 9.39. The van der Waals surface area contributed by atoms with Crippen LogP contribution in [0.15, 0.2) is 18.2 Å². The van der Waals surface area contributed by atoms with E-state index in [0.29, 0.717) is 18.5 Å². The van der Waals surface area contributed by atoms with Gasteiger partial charge in [-0.15, -0.1) is 0 Å². The van der Waals surface area contributed by atoms with Crippen molar-refractivity contribution >= 4 is 17.7 Å². The summed E-state index contributed by atoms with van der Waals surface area (Å²) in [7, 11) is 0. The maximum absolute atomic E-state index is 12.7. The Labute approximate surface area is 158 Å². The molecule has 0 spiro atoms. The van der Waals surface area contributed by atoms with E-state index >= 15 is 0 Å². The van der Waals surface area contributed by atoms with Gasteiger partial charge in [-0.25, -0.2) is 0 Å². The molecule has 0 aliphatic carbocycles.